The van der Waals surface area contributed by atoms with Gasteiger partial charge in [0.15, 0.2) is 0 Å². The van der Waals surface area contributed by atoms with Crippen LogP contribution in [-0.2, 0) is 13.9 Å². The Balaban J connectivity index is 0. The molecule has 9 heavy (non-hydrogen) atoms. The number of aldehydes is 1. The molecule has 0 aromatic rings. The third kappa shape index (κ3) is 12.3. The molecule has 0 fully saturated rings. The number of phosphoric acid groups is 1. The van der Waals surface area contributed by atoms with E-state index in [0.717, 1.165) is 0 Å². The summed E-state index contributed by atoms with van der Waals surface area (Å²) in [6.07, 6.45) is 0.183. The van der Waals surface area contributed by atoms with Crippen molar-refractivity contribution in [3.63, 3.8) is 0 Å². The summed E-state index contributed by atoms with van der Waals surface area (Å²) in [5, 5.41) is 0. The first-order valence-corrected chi connectivity index (χ1v) is 3.12. The van der Waals surface area contributed by atoms with Gasteiger partial charge in [0, 0.05) is 0 Å². The summed E-state index contributed by atoms with van der Waals surface area (Å²) in [6.45, 7) is -0.690. The van der Waals surface area contributed by atoms with Crippen LogP contribution in [0.3, 0.4) is 0 Å². The molecule has 0 saturated heterocycles. The van der Waals surface area contributed by atoms with Gasteiger partial charge in [-0.05, 0) is 0 Å². The monoisotopic (exact) mass is 178 g/mol. The molecule has 0 radical (unpaired) electrons. The van der Waals surface area contributed by atoms with Gasteiger partial charge in [-0.3, -0.25) is 0 Å². The van der Waals surface area contributed by atoms with E-state index in [2.05, 4.69) is 4.52 Å². The minimum atomic E-state index is -4.91. The van der Waals surface area contributed by atoms with Crippen molar-refractivity contribution in [2.24, 2.45) is 0 Å². The molecule has 0 spiro atoms. The summed E-state index contributed by atoms with van der Waals surface area (Å²) in [5.74, 6) is 0. The van der Waals surface area contributed by atoms with Gasteiger partial charge in [0.2, 0.25) is 0 Å². The van der Waals surface area contributed by atoms with Crippen LogP contribution in [0, 0.1) is 0 Å². The second-order valence-corrected chi connectivity index (χ2v) is 2.06. The molecule has 0 N–H and O–H groups in total. The Bertz CT molecular complexity index is 118. The molecule has 0 aliphatic rings. The van der Waals surface area contributed by atoms with Crippen molar-refractivity contribution >= 4 is 51.8 Å². The van der Waals surface area contributed by atoms with E-state index in [1.807, 2.05) is 0 Å². The van der Waals surface area contributed by atoms with Gasteiger partial charge in [-0.1, -0.05) is 0 Å². The van der Waals surface area contributed by atoms with Crippen molar-refractivity contribution < 1.29 is 23.7 Å². The molecule has 0 aliphatic heterocycles. The molecule has 5 nitrogen and oxygen atoms in total. The number of phosphoric ester groups is 1. The Morgan fingerprint density at radius 1 is 1.56 bits per heavy atom. The third-order valence-electron chi connectivity index (χ3n) is 0.301. The van der Waals surface area contributed by atoms with E-state index >= 15 is 0 Å². The fraction of sp³-hybridized carbons (Fsp3) is 0.500. The van der Waals surface area contributed by atoms with Gasteiger partial charge < -0.3 is 23.7 Å². The maximum Gasteiger partial charge on any atom is 2.00 e. The Morgan fingerprint density at radius 2 is 2.00 bits per heavy atom. The van der Waals surface area contributed by atoms with E-state index in [1.54, 1.807) is 0 Å². The molecule has 7 heteroatoms. The van der Waals surface area contributed by atoms with Crippen molar-refractivity contribution in [1.29, 1.82) is 0 Å². The minimum Gasteiger partial charge on any atom is -0.790 e. The summed E-state index contributed by atoms with van der Waals surface area (Å²) in [5.41, 5.74) is 0. The standard InChI is InChI=1S/C2H5O5P.Ca/c3-1-2-7-8(4,5)6;/h1H,2H2,(H2,4,5,6);/q;+2/p-2. The van der Waals surface area contributed by atoms with E-state index < -0.39 is 14.4 Å². The predicted molar refractivity (Wildman–Crippen MR) is 25.4 cm³/mol. The molecule has 0 amide bonds. The van der Waals surface area contributed by atoms with Crippen molar-refractivity contribution in [2.45, 2.75) is 0 Å². The van der Waals surface area contributed by atoms with Crippen LogP contribution in [0.4, 0.5) is 0 Å². The van der Waals surface area contributed by atoms with Gasteiger partial charge in [0.25, 0.3) is 0 Å². The molecule has 0 unspecified atom stereocenters. The van der Waals surface area contributed by atoms with Gasteiger partial charge >= 0.3 is 37.7 Å². The molecule has 0 aromatic carbocycles. The molecule has 0 atom stereocenters. The van der Waals surface area contributed by atoms with Gasteiger partial charge in [-0.15, -0.1) is 0 Å². The molecular weight excluding hydrogens is 175 g/mol. The summed E-state index contributed by atoms with van der Waals surface area (Å²) in [7, 11) is -4.91. The van der Waals surface area contributed by atoms with Crippen molar-refractivity contribution in [3.8, 4) is 0 Å². The normalized spacial score (nSPS) is 10.0. The molecule has 48 valence electrons. The molecular formula is C2H3CaO5P. The maximum absolute atomic E-state index is 9.48. The molecule has 0 rings (SSSR count). The van der Waals surface area contributed by atoms with Crippen molar-refractivity contribution in [3.05, 3.63) is 0 Å². The van der Waals surface area contributed by atoms with Crippen molar-refractivity contribution in [1.82, 2.24) is 0 Å². The first-order chi connectivity index (χ1) is 3.56. The number of hydrogen-bond donors (Lipinski definition) is 0. The van der Waals surface area contributed by atoms with Crippen LogP contribution in [0.1, 0.15) is 0 Å². The molecule has 0 aliphatic carbocycles. The smallest absolute Gasteiger partial charge is 0.790 e. The Hall–Kier alpha value is 1.04. The van der Waals surface area contributed by atoms with Gasteiger partial charge in [0.05, 0.1) is 7.82 Å². The second kappa shape index (κ2) is 5.80. The Morgan fingerprint density at radius 3 is 2.11 bits per heavy atom. The number of rotatable bonds is 3. The van der Waals surface area contributed by atoms with E-state index in [-0.39, 0.29) is 44.0 Å². The molecule has 0 aromatic heterocycles. The Labute approximate surface area is 81.6 Å². The number of carbonyl (C=O) groups is 1. The fourth-order valence-electron chi connectivity index (χ4n) is 0.122. The SMILES string of the molecule is O=CCOP(=O)([O-])[O-].[Ca+2]. The largest absolute Gasteiger partial charge is 2.00 e. The van der Waals surface area contributed by atoms with Gasteiger partial charge in [-0.25, -0.2) is 0 Å². The van der Waals surface area contributed by atoms with E-state index in [4.69, 9.17) is 0 Å². The topological polar surface area (TPSA) is 89.5 Å². The molecule has 0 bridgehead atoms. The Kier molecular flexibility index (Phi) is 8.18. The van der Waals surface area contributed by atoms with Gasteiger partial charge in [-0.2, -0.15) is 0 Å². The van der Waals surface area contributed by atoms with Crippen LogP contribution in [0.25, 0.3) is 0 Å². The van der Waals surface area contributed by atoms with Crippen LogP contribution < -0.4 is 9.79 Å². The zero-order valence-corrected chi connectivity index (χ0v) is 7.58. The average Bonchev–Trinajstić information content (AvgIpc) is 1.59. The zero-order chi connectivity index (χ0) is 6.62. The second-order valence-electron chi connectivity index (χ2n) is 0.910. The van der Waals surface area contributed by atoms with E-state index in [0.29, 0.717) is 0 Å². The average molecular weight is 178 g/mol. The summed E-state index contributed by atoms with van der Waals surface area (Å²) >= 11 is 0. The summed E-state index contributed by atoms with van der Waals surface area (Å²) < 4.78 is 12.9. The van der Waals surface area contributed by atoms with Crippen LogP contribution in [0.15, 0.2) is 0 Å². The first kappa shape index (κ1) is 12.7. The first-order valence-electron chi connectivity index (χ1n) is 1.66. The fourth-order valence-corrected chi connectivity index (χ4v) is 0.365. The predicted octanol–water partition coefficient (Wildman–Crippen LogP) is -2.35. The van der Waals surface area contributed by atoms with E-state index in [1.165, 1.54) is 0 Å². The third-order valence-corrected chi connectivity index (χ3v) is 0.766. The maximum atomic E-state index is 9.48. The van der Waals surface area contributed by atoms with Crippen LogP contribution >= 0.6 is 7.82 Å². The zero-order valence-electron chi connectivity index (χ0n) is 4.48. The van der Waals surface area contributed by atoms with Crippen LogP contribution in [0.5, 0.6) is 0 Å². The minimum absolute atomic E-state index is 0. The van der Waals surface area contributed by atoms with E-state index in [9.17, 15) is 19.1 Å². The van der Waals surface area contributed by atoms with Crippen LogP contribution in [0.2, 0.25) is 0 Å². The number of hydrogen-bond acceptors (Lipinski definition) is 5. The van der Waals surface area contributed by atoms with Gasteiger partial charge in [0.1, 0.15) is 12.9 Å². The van der Waals surface area contributed by atoms with Crippen LogP contribution in [-0.4, -0.2) is 50.6 Å². The number of carbonyl (C=O) groups excluding carboxylic acids is 1. The molecule has 0 heterocycles. The molecule has 0 saturated carbocycles. The quantitative estimate of drug-likeness (QED) is 0.274. The van der Waals surface area contributed by atoms with Crippen molar-refractivity contribution in [2.75, 3.05) is 6.61 Å². The summed E-state index contributed by atoms with van der Waals surface area (Å²) in [6, 6.07) is 0. The summed E-state index contributed by atoms with van der Waals surface area (Å²) in [4.78, 5) is 28.3.